The normalized spacial score (nSPS) is 12.5. The van der Waals surface area contributed by atoms with Crippen LogP contribution in [-0.2, 0) is 0 Å². The highest BCUT2D eigenvalue weighted by Crippen LogP contribution is 2.13. The zero-order valence-corrected chi connectivity index (χ0v) is 12.3. The molecule has 1 atom stereocenters. The zero-order valence-electron chi connectivity index (χ0n) is 12.3. The van der Waals surface area contributed by atoms with Crippen molar-refractivity contribution in [1.29, 1.82) is 0 Å². The van der Waals surface area contributed by atoms with Crippen LogP contribution in [0.15, 0.2) is 24.3 Å². The molecule has 19 heavy (non-hydrogen) atoms. The first-order valence-electron chi connectivity index (χ1n) is 6.69. The van der Waals surface area contributed by atoms with Crippen LogP contribution in [-0.4, -0.2) is 50.5 Å². The van der Waals surface area contributed by atoms with E-state index >= 15 is 0 Å². The molecule has 0 aromatic heterocycles. The van der Waals surface area contributed by atoms with Crippen molar-refractivity contribution in [3.63, 3.8) is 0 Å². The van der Waals surface area contributed by atoms with E-state index in [1.165, 1.54) is 0 Å². The highest BCUT2D eigenvalue weighted by atomic mass is 16.5. The quantitative estimate of drug-likeness (QED) is 0.727. The molecule has 0 heterocycles. The predicted molar refractivity (Wildman–Crippen MR) is 78.0 cm³/mol. The van der Waals surface area contributed by atoms with Crippen molar-refractivity contribution >= 4 is 5.78 Å². The Bertz CT molecular complexity index is 388. The molecule has 106 valence electrons. The van der Waals surface area contributed by atoms with Crippen molar-refractivity contribution in [2.45, 2.75) is 19.9 Å². The lowest BCUT2D eigenvalue weighted by Gasteiger charge is -2.15. The highest BCUT2D eigenvalue weighted by molar-refractivity contribution is 5.99. The number of carbonyl (C=O) groups excluding carboxylic acids is 1. The van der Waals surface area contributed by atoms with E-state index in [1.54, 1.807) is 0 Å². The Labute approximate surface area is 115 Å². The molecule has 1 aromatic carbocycles. The second-order valence-electron chi connectivity index (χ2n) is 4.80. The Morgan fingerprint density at radius 2 is 1.95 bits per heavy atom. The number of nitrogens with zero attached hydrogens (tertiary/aromatic N) is 1. The molecular weight excluding hydrogens is 240 g/mol. The maximum Gasteiger partial charge on any atom is 0.179 e. The minimum atomic E-state index is -0.169. The van der Waals surface area contributed by atoms with Crippen LogP contribution < -0.4 is 10.1 Å². The van der Waals surface area contributed by atoms with Crippen molar-refractivity contribution in [1.82, 2.24) is 10.2 Å². The topological polar surface area (TPSA) is 41.6 Å². The molecule has 4 heteroatoms. The van der Waals surface area contributed by atoms with Gasteiger partial charge in [0.15, 0.2) is 5.78 Å². The third kappa shape index (κ3) is 5.41. The summed E-state index contributed by atoms with van der Waals surface area (Å²) in [5, 5.41) is 3.23. The van der Waals surface area contributed by atoms with E-state index in [0.717, 1.165) is 18.8 Å². The van der Waals surface area contributed by atoms with Gasteiger partial charge in [0.1, 0.15) is 5.75 Å². The number of likely N-dealkylation sites (N-methyl/N-ethyl adjacent to an activating group) is 1. The van der Waals surface area contributed by atoms with Crippen molar-refractivity contribution < 1.29 is 9.53 Å². The van der Waals surface area contributed by atoms with Gasteiger partial charge in [-0.3, -0.25) is 4.79 Å². The van der Waals surface area contributed by atoms with E-state index in [0.29, 0.717) is 12.2 Å². The first-order chi connectivity index (χ1) is 9.04. The SMILES string of the molecule is CCOc1ccc(C(=O)C(C)NCCN(C)C)cc1. The largest absolute Gasteiger partial charge is 0.494 e. The van der Waals surface area contributed by atoms with Crippen LogP contribution in [0.4, 0.5) is 0 Å². The molecule has 0 fully saturated rings. The molecule has 1 unspecified atom stereocenters. The summed E-state index contributed by atoms with van der Waals surface area (Å²) in [6, 6.07) is 7.14. The molecule has 0 amide bonds. The number of rotatable bonds is 8. The average molecular weight is 264 g/mol. The molecule has 0 saturated carbocycles. The van der Waals surface area contributed by atoms with Crippen molar-refractivity contribution in [3.05, 3.63) is 29.8 Å². The molecule has 0 aliphatic heterocycles. The second-order valence-corrected chi connectivity index (χ2v) is 4.80. The van der Waals surface area contributed by atoms with E-state index in [4.69, 9.17) is 4.74 Å². The summed E-state index contributed by atoms with van der Waals surface area (Å²) < 4.78 is 5.36. The molecule has 0 aliphatic carbocycles. The predicted octanol–water partition coefficient (Wildman–Crippen LogP) is 1.81. The number of hydrogen-bond donors (Lipinski definition) is 1. The van der Waals surface area contributed by atoms with Crippen molar-refractivity contribution in [3.8, 4) is 5.75 Å². The van der Waals surface area contributed by atoms with Gasteiger partial charge in [0.05, 0.1) is 12.6 Å². The summed E-state index contributed by atoms with van der Waals surface area (Å²) in [5.74, 6) is 0.911. The molecule has 1 rings (SSSR count). The van der Waals surface area contributed by atoms with Crippen LogP contribution in [0.3, 0.4) is 0 Å². The lowest BCUT2D eigenvalue weighted by Crippen LogP contribution is -2.38. The van der Waals surface area contributed by atoms with Gasteiger partial charge >= 0.3 is 0 Å². The fourth-order valence-corrected chi connectivity index (χ4v) is 1.73. The summed E-state index contributed by atoms with van der Waals surface area (Å²) in [5.41, 5.74) is 0.716. The maximum atomic E-state index is 12.2. The number of carbonyl (C=O) groups is 1. The fraction of sp³-hybridized carbons (Fsp3) is 0.533. The van der Waals surface area contributed by atoms with Crippen LogP contribution in [0.5, 0.6) is 5.75 Å². The average Bonchev–Trinajstić information content (AvgIpc) is 2.38. The fourth-order valence-electron chi connectivity index (χ4n) is 1.73. The molecule has 0 spiro atoms. The lowest BCUT2D eigenvalue weighted by atomic mass is 10.1. The number of hydrogen-bond acceptors (Lipinski definition) is 4. The molecule has 0 bridgehead atoms. The van der Waals surface area contributed by atoms with E-state index in [1.807, 2.05) is 52.2 Å². The first-order valence-corrected chi connectivity index (χ1v) is 6.69. The summed E-state index contributed by atoms with van der Waals surface area (Å²) in [6.45, 7) is 6.19. The number of ketones is 1. The van der Waals surface area contributed by atoms with Crippen LogP contribution in [0.1, 0.15) is 24.2 Å². The van der Waals surface area contributed by atoms with Crippen molar-refractivity contribution in [2.24, 2.45) is 0 Å². The van der Waals surface area contributed by atoms with Gasteiger partial charge in [-0.05, 0) is 52.2 Å². The minimum Gasteiger partial charge on any atom is -0.494 e. The van der Waals surface area contributed by atoms with E-state index in [2.05, 4.69) is 10.2 Å². The molecule has 0 radical (unpaired) electrons. The Kier molecular flexibility index (Phi) is 6.53. The second kappa shape index (κ2) is 7.92. The molecule has 0 saturated heterocycles. The summed E-state index contributed by atoms with van der Waals surface area (Å²) in [6.07, 6.45) is 0. The zero-order chi connectivity index (χ0) is 14.3. The van der Waals surface area contributed by atoms with E-state index < -0.39 is 0 Å². The third-order valence-corrected chi connectivity index (χ3v) is 2.85. The molecule has 0 aliphatic rings. The van der Waals surface area contributed by atoms with Gasteiger partial charge in [-0.15, -0.1) is 0 Å². The smallest absolute Gasteiger partial charge is 0.179 e. The summed E-state index contributed by atoms with van der Waals surface area (Å²) >= 11 is 0. The minimum absolute atomic E-state index is 0.113. The lowest BCUT2D eigenvalue weighted by molar-refractivity contribution is 0.0950. The van der Waals surface area contributed by atoms with Crippen molar-refractivity contribution in [2.75, 3.05) is 33.8 Å². The number of nitrogens with one attached hydrogen (secondary N) is 1. The number of ether oxygens (including phenoxy) is 1. The number of Topliss-reactive ketones (excluding diaryl/α,β-unsaturated/α-hetero) is 1. The van der Waals surface area contributed by atoms with Crippen LogP contribution in [0, 0.1) is 0 Å². The Morgan fingerprint density at radius 3 is 2.47 bits per heavy atom. The standard InChI is InChI=1S/C15H24N2O2/c1-5-19-14-8-6-13(7-9-14)15(18)12(2)16-10-11-17(3)4/h6-9,12,16H,5,10-11H2,1-4H3. The highest BCUT2D eigenvalue weighted by Gasteiger charge is 2.14. The van der Waals surface area contributed by atoms with Gasteiger partial charge < -0.3 is 15.0 Å². The summed E-state index contributed by atoms with van der Waals surface area (Å²) in [4.78, 5) is 14.3. The maximum absolute atomic E-state index is 12.2. The molecule has 1 N–H and O–H groups in total. The Balaban J connectivity index is 2.51. The van der Waals surface area contributed by atoms with Crippen LogP contribution in [0.25, 0.3) is 0 Å². The van der Waals surface area contributed by atoms with E-state index in [-0.39, 0.29) is 11.8 Å². The van der Waals surface area contributed by atoms with Gasteiger partial charge in [-0.2, -0.15) is 0 Å². The first kappa shape index (κ1) is 15.7. The van der Waals surface area contributed by atoms with Crippen LogP contribution >= 0.6 is 0 Å². The Morgan fingerprint density at radius 1 is 1.32 bits per heavy atom. The Hall–Kier alpha value is -1.39. The van der Waals surface area contributed by atoms with Gasteiger partial charge in [0.25, 0.3) is 0 Å². The molecule has 4 nitrogen and oxygen atoms in total. The summed E-state index contributed by atoms with van der Waals surface area (Å²) in [7, 11) is 4.03. The number of benzene rings is 1. The van der Waals surface area contributed by atoms with Gasteiger partial charge in [-0.1, -0.05) is 0 Å². The third-order valence-electron chi connectivity index (χ3n) is 2.85. The molecule has 1 aromatic rings. The van der Waals surface area contributed by atoms with Gasteiger partial charge in [-0.25, -0.2) is 0 Å². The van der Waals surface area contributed by atoms with E-state index in [9.17, 15) is 4.79 Å². The molecular formula is C15H24N2O2. The van der Waals surface area contributed by atoms with Gasteiger partial charge in [0, 0.05) is 18.7 Å². The van der Waals surface area contributed by atoms with Gasteiger partial charge in [0.2, 0.25) is 0 Å². The van der Waals surface area contributed by atoms with Crippen LogP contribution in [0.2, 0.25) is 0 Å². The monoisotopic (exact) mass is 264 g/mol.